The van der Waals surface area contributed by atoms with Crippen molar-refractivity contribution in [2.24, 2.45) is 0 Å². The molecule has 7 heteroatoms. The van der Waals surface area contributed by atoms with Crippen molar-refractivity contribution >= 4 is 23.5 Å². The molecule has 2 rings (SSSR count). The first-order valence-corrected chi connectivity index (χ1v) is 8.91. The summed E-state index contributed by atoms with van der Waals surface area (Å²) >= 11 is 6.24. The fourth-order valence-corrected chi connectivity index (χ4v) is 3.24. The van der Waals surface area contributed by atoms with Gasteiger partial charge in [0.1, 0.15) is 18.3 Å². The van der Waals surface area contributed by atoms with Gasteiger partial charge in [-0.05, 0) is 31.8 Å². The van der Waals surface area contributed by atoms with E-state index in [1.165, 1.54) is 6.92 Å². The molecule has 0 aliphatic carbocycles. The lowest BCUT2D eigenvalue weighted by molar-refractivity contribution is -0.158. The van der Waals surface area contributed by atoms with Crippen molar-refractivity contribution in [3.8, 4) is 0 Å². The summed E-state index contributed by atoms with van der Waals surface area (Å²) in [5.41, 5.74) is 0.768. The lowest BCUT2D eigenvalue weighted by atomic mass is 10.0. The van der Waals surface area contributed by atoms with E-state index in [4.69, 9.17) is 25.8 Å². The molecule has 0 saturated carbocycles. The van der Waals surface area contributed by atoms with Crippen LogP contribution < -0.4 is 0 Å². The Hall–Kier alpha value is -1.37. The van der Waals surface area contributed by atoms with Crippen molar-refractivity contribution in [3.63, 3.8) is 0 Å². The fraction of sp³-hybridized carbons (Fsp3) is 0.667. The summed E-state index contributed by atoms with van der Waals surface area (Å²) in [4.78, 5) is 23.6. The maximum absolute atomic E-state index is 12.3. The summed E-state index contributed by atoms with van der Waals surface area (Å²) in [6.45, 7) is 2.89. The molecule has 2 aliphatic rings. The van der Waals surface area contributed by atoms with Gasteiger partial charge in [-0.3, -0.25) is 9.59 Å². The van der Waals surface area contributed by atoms with Gasteiger partial charge in [0.2, 0.25) is 0 Å². The zero-order chi connectivity index (χ0) is 18.4. The Morgan fingerprint density at radius 2 is 2.20 bits per heavy atom. The second kappa shape index (κ2) is 9.36. The highest BCUT2D eigenvalue weighted by Gasteiger charge is 2.37. The number of hydrogen-bond acceptors (Lipinski definition) is 6. The van der Waals surface area contributed by atoms with Crippen molar-refractivity contribution < 1.29 is 28.9 Å². The average molecular weight is 373 g/mol. The van der Waals surface area contributed by atoms with Gasteiger partial charge in [0.05, 0.1) is 19.1 Å². The molecule has 0 aromatic heterocycles. The standard InChI is InChI=1S/C18H25ClO6/c1-11-4-3-5-13(19)6-7-14-8-16(17(10-20)24-14)25-18(22)9-15(11)23-12(2)21/h4-5,14-17,20H,3,6-10H2,1-2H3/b11-4-,13-5+/t14-,15-,16-,17-/m0/s1. The molecule has 2 heterocycles. The number of aliphatic hydroxyl groups is 1. The van der Waals surface area contributed by atoms with E-state index in [1.54, 1.807) is 6.92 Å². The topological polar surface area (TPSA) is 82.1 Å². The highest BCUT2D eigenvalue weighted by molar-refractivity contribution is 6.29. The van der Waals surface area contributed by atoms with Crippen molar-refractivity contribution in [2.45, 2.75) is 70.4 Å². The summed E-state index contributed by atoms with van der Waals surface area (Å²) in [6, 6.07) is 0. The Kier molecular flexibility index (Phi) is 7.47. The minimum Gasteiger partial charge on any atom is -0.459 e. The van der Waals surface area contributed by atoms with Crippen LogP contribution in [-0.4, -0.2) is 48.1 Å². The van der Waals surface area contributed by atoms with Crippen molar-refractivity contribution in [3.05, 3.63) is 22.8 Å². The summed E-state index contributed by atoms with van der Waals surface area (Å²) < 4.78 is 16.5. The molecule has 2 bridgehead atoms. The van der Waals surface area contributed by atoms with Crippen molar-refractivity contribution in [1.29, 1.82) is 0 Å². The molecular formula is C18H25ClO6. The number of ether oxygens (including phenoxy) is 3. The monoisotopic (exact) mass is 372 g/mol. The number of hydrogen-bond donors (Lipinski definition) is 1. The predicted molar refractivity (Wildman–Crippen MR) is 92.0 cm³/mol. The van der Waals surface area contributed by atoms with Crippen LogP contribution in [-0.2, 0) is 23.8 Å². The Morgan fingerprint density at radius 3 is 2.88 bits per heavy atom. The molecule has 0 unspecified atom stereocenters. The van der Waals surface area contributed by atoms with Crippen LogP contribution in [0.2, 0.25) is 0 Å². The zero-order valence-electron chi connectivity index (χ0n) is 14.6. The highest BCUT2D eigenvalue weighted by atomic mass is 35.5. The van der Waals surface area contributed by atoms with Crippen LogP contribution in [0, 0.1) is 0 Å². The van der Waals surface area contributed by atoms with Crippen LogP contribution >= 0.6 is 11.6 Å². The summed E-state index contributed by atoms with van der Waals surface area (Å²) in [5, 5.41) is 10.2. The van der Waals surface area contributed by atoms with Crippen molar-refractivity contribution in [1.82, 2.24) is 0 Å². The second-order valence-electron chi connectivity index (χ2n) is 6.42. The minimum absolute atomic E-state index is 0.0708. The van der Waals surface area contributed by atoms with Crippen LogP contribution in [0.3, 0.4) is 0 Å². The number of carbonyl (C=O) groups excluding carboxylic acids is 2. The van der Waals surface area contributed by atoms with Gasteiger partial charge in [0.25, 0.3) is 0 Å². The van der Waals surface area contributed by atoms with Crippen LogP contribution in [0.25, 0.3) is 0 Å². The average Bonchev–Trinajstić information content (AvgIpc) is 2.92. The number of rotatable bonds is 2. The van der Waals surface area contributed by atoms with Crippen LogP contribution in [0.4, 0.5) is 0 Å². The van der Waals surface area contributed by atoms with E-state index < -0.39 is 30.3 Å². The maximum atomic E-state index is 12.3. The molecule has 1 N–H and O–H groups in total. The van der Waals surface area contributed by atoms with Gasteiger partial charge in [0, 0.05) is 18.4 Å². The summed E-state index contributed by atoms with van der Waals surface area (Å²) in [7, 11) is 0. The van der Waals surface area contributed by atoms with Gasteiger partial charge in [-0.15, -0.1) is 0 Å². The molecule has 4 atom stereocenters. The third-order valence-electron chi connectivity index (χ3n) is 4.39. The third-order valence-corrected chi connectivity index (χ3v) is 4.74. The molecule has 1 fully saturated rings. The van der Waals surface area contributed by atoms with E-state index in [0.29, 0.717) is 25.7 Å². The molecule has 0 aromatic carbocycles. The van der Waals surface area contributed by atoms with E-state index >= 15 is 0 Å². The fourth-order valence-electron chi connectivity index (χ4n) is 3.04. The molecule has 6 nitrogen and oxygen atoms in total. The van der Waals surface area contributed by atoms with Gasteiger partial charge in [0.15, 0.2) is 0 Å². The van der Waals surface area contributed by atoms with Crippen LogP contribution in [0.1, 0.15) is 46.0 Å². The molecule has 140 valence electrons. The number of aliphatic hydroxyl groups excluding tert-OH is 1. The van der Waals surface area contributed by atoms with E-state index in [9.17, 15) is 14.7 Å². The van der Waals surface area contributed by atoms with Gasteiger partial charge < -0.3 is 19.3 Å². The lowest BCUT2D eigenvalue weighted by Crippen LogP contribution is -2.32. The summed E-state index contributed by atoms with van der Waals surface area (Å²) in [6.07, 6.45) is 4.36. The van der Waals surface area contributed by atoms with E-state index in [1.807, 2.05) is 12.2 Å². The Balaban J connectivity index is 2.19. The maximum Gasteiger partial charge on any atom is 0.310 e. The quantitative estimate of drug-likeness (QED) is 0.592. The molecule has 2 aliphatic heterocycles. The lowest BCUT2D eigenvalue weighted by Gasteiger charge is -2.20. The second-order valence-corrected chi connectivity index (χ2v) is 6.90. The summed E-state index contributed by atoms with van der Waals surface area (Å²) in [5.74, 6) is -0.935. The Bertz CT molecular complexity index is 556. The first kappa shape index (κ1) is 19.9. The molecule has 25 heavy (non-hydrogen) atoms. The van der Waals surface area contributed by atoms with Crippen LogP contribution in [0.5, 0.6) is 0 Å². The van der Waals surface area contributed by atoms with Gasteiger partial charge >= 0.3 is 11.9 Å². The molecule has 0 aromatic rings. The predicted octanol–water partition coefficient (Wildman–Crippen LogP) is 2.62. The van der Waals surface area contributed by atoms with E-state index in [0.717, 1.165) is 10.6 Å². The van der Waals surface area contributed by atoms with Crippen LogP contribution in [0.15, 0.2) is 22.8 Å². The molecule has 1 saturated heterocycles. The number of halogens is 1. The molecular weight excluding hydrogens is 348 g/mol. The van der Waals surface area contributed by atoms with Crippen molar-refractivity contribution in [2.75, 3.05) is 6.61 Å². The smallest absolute Gasteiger partial charge is 0.310 e. The van der Waals surface area contributed by atoms with Gasteiger partial charge in [-0.1, -0.05) is 23.8 Å². The SMILES string of the molecule is CC(=O)O[C@H]1CC(=O)O[C@H]2C[C@H](CC/C(Cl)=C\C/C=C\1C)O[C@H]2CO. The normalized spacial score (nSPS) is 35.6. The number of esters is 2. The van der Waals surface area contributed by atoms with Gasteiger partial charge in [-0.25, -0.2) is 0 Å². The molecule has 0 spiro atoms. The number of carbonyl (C=O) groups is 2. The highest BCUT2D eigenvalue weighted by Crippen LogP contribution is 2.29. The Morgan fingerprint density at radius 1 is 1.44 bits per heavy atom. The third kappa shape index (κ3) is 6.13. The molecule has 0 amide bonds. The minimum atomic E-state index is -0.675. The molecule has 0 radical (unpaired) electrons. The Labute approximate surface area is 152 Å². The van der Waals surface area contributed by atoms with E-state index in [2.05, 4.69) is 0 Å². The zero-order valence-corrected chi connectivity index (χ0v) is 15.3. The number of fused-ring (bicyclic) bond motifs is 2. The van der Waals surface area contributed by atoms with Gasteiger partial charge in [-0.2, -0.15) is 0 Å². The largest absolute Gasteiger partial charge is 0.459 e. The van der Waals surface area contributed by atoms with E-state index in [-0.39, 0.29) is 19.1 Å². The number of allylic oxidation sites excluding steroid dienone is 3. The first-order chi connectivity index (χ1) is 11.9. The first-order valence-electron chi connectivity index (χ1n) is 8.53.